The average Bonchev–Trinajstić information content (AvgIpc) is 3.10. The number of likely N-dealkylation sites (tertiary alicyclic amines) is 1. The molecular formula is C16H22N2O2. The van der Waals surface area contributed by atoms with Gasteiger partial charge in [0.25, 0.3) is 0 Å². The molecule has 4 heteroatoms. The number of fused-ring (bicyclic) bond motifs is 1. The van der Waals surface area contributed by atoms with E-state index in [1.54, 1.807) is 7.11 Å². The summed E-state index contributed by atoms with van der Waals surface area (Å²) in [6.07, 6.45) is 5.42. The Bertz CT molecular complexity index is 579. The summed E-state index contributed by atoms with van der Waals surface area (Å²) in [6.45, 7) is 2.40. The van der Waals surface area contributed by atoms with Gasteiger partial charge < -0.3 is 14.8 Å². The van der Waals surface area contributed by atoms with Crippen LogP contribution in [0, 0.1) is 0 Å². The van der Waals surface area contributed by atoms with Crippen LogP contribution in [0.25, 0.3) is 10.9 Å². The van der Waals surface area contributed by atoms with Crippen molar-refractivity contribution < 1.29 is 9.84 Å². The van der Waals surface area contributed by atoms with Crippen LogP contribution in [0.3, 0.4) is 0 Å². The van der Waals surface area contributed by atoms with E-state index in [2.05, 4.69) is 28.2 Å². The van der Waals surface area contributed by atoms with Crippen LogP contribution in [-0.4, -0.2) is 47.8 Å². The molecule has 1 aromatic carbocycles. The van der Waals surface area contributed by atoms with Crippen LogP contribution in [0.2, 0.25) is 0 Å². The highest BCUT2D eigenvalue weighted by Crippen LogP contribution is 2.25. The molecule has 1 saturated heterocycles. The predicted octanol–water partition coefficient (Wildman–Crippen LogP) is 2.18. The lowest BCUT2D eigenvalue weighted by Crippen LogP contribution is -2.33. The van der Waals surface area contributed by atoms with Crippen molar-refractivity contribution in [3.05, 3.63) is 30.0 Å². The Balaban J connectivity index is 1.74. The third kappa shape index (κ3) is 2.53. The van der Waals surface area contributed by atoms with Gasteiger partial charge in [0.15, 0.2) is 0 Å². The highest BCUT2D eigenvalue weighted by molar-refractivity contribution is 5.84. The molecule has 3 rings (SSSR count). The topological polar surface area (TPSA) is 48.5 Å². The minimum Gasteiger partial charge on any atom is -0.497 e. The molecule has 20 heavy (non-hydrogen) atoms. The second-order valence-corrected chi connectivity index (χ2v) is 5.49. The summed E-state index contributed by atoms with van der Waals surface area (Å²) in [7, 11) is 1.70. The normalized spacial score (nSPS) is 19.8. The molecule has 2 heterocycles. The van der Waals surface area contributed by atoms with Crippen molar-refractivity contribution in [1.82, 2.24) is 9.88 Å². The number of aliphatic hydroxyl groups is 1. The smallest absolute Gasteiger partial charge is 0.119 e. The minimum absolute atomic E-state index is 0.279. The molecule has 1 aliphatic heterocycles. The van der Waals surface area contributed by atoms with Crippen molar-refractivity contribution in [3.63, 3.8) is 0 Å². The van der Waals surface area contributed by atoms with E-state index in [-0.39, 0.29) is 6.61 Å². The standard InChI is InChI=1S/C16H22N2O2/c1-20-14-4-5-16-15(9-14)12(10-17-16)6-8-18-7-2-3-13(18)11-19/h4-5,9-10,13,17,19H,2-3,6-8,11H2,1H3/t13-/m0/s1. The molecule has 0 amide bonds. The largest absolute Gasteiger partial charge is 0.497 e. The molecule has 1 fully saturated rings. The predicted molar refractivity (Wildman–Crippen MR) is 80.2 cm³/mol. The quantitative estimate of drug-likeness (QED) is 0.878. The summed E-state index contributed by atoms with van der Waals surface area (Å²) in [5.74, 6) is 0.896. The van der Waals surface area contributed by atoms with Crippen LogP contribution in [0.5, 0.6) is 5.75 Å². The number of methoxy groups -OCH3 is 1. The van der Waals surface area contributed by atoms with Crippen molar-refractivity contribution in [2.24, 2.45) is 0 Å². The van der Waals surface area contributed by atoms with Crippen molar-refractivity contribution in [2.45, 2.75) is 25.3 Å². The van der Waals surface area contributed by atoms with Gasteiger partial charge in [0.2, 0.25) is 0 Å². The number of rotatable bonds is 5. The Morgan fingerprint density at radius 3 is 3.15 bits per heavy atom. The number of ether oxygens (including phenoxy) is 1. The first-order chi connectivity index (χ1) is 9.81. The molecule has 1 atom stereocenters. The van der Waals surface area contributed by atoms with Gasteiger partial charge >= 0.3 is 0 Å². The minimum atomic E-state index is 0.279. The number of benzene rings is 1. The molecule has 1 aliphatic rings. The molecule has 4 nitrogen and oxygen atoms in total. The maximum absolute atomic E-state index is 9.37. The lowest BCUT2D eigenvalue weighted by atomic mass is 10.1. The lowest BCUT2D eigenvalue weighted by molar-refractivity contribution is 0.160. The van der Waals surface area contributed by atoms with Crippen LogP contribution < -0.4 is 4.74 Å². The summed E-state index contributed by atoms with van der Waals surface area (Å²) in [5, 5.41) is 10.6. The molecular weight excluding hydrogens is 252 g/mol. The van der Waals surface area contributed by atoms with E-state index in [0.717, 1.165) is 37.2 Å². The summed E-state index contributed by atoms with van der Waals surface area (Å²) >= 11 is 0. The number of aromatic nitrogens is 1. The third-order valence-electron chi connectivity index (χ3n) is 4.35. The van der Waals surface area contributed by atoms with Crippen LogP contribution in [0.1, 0.15) is 18.4 Å². The van der Waals surface area contributed by atoms with Gasteiger partial charge in [-0.3, -0.25) is 4.90 Å². The molecule has 0 bridgehead atoms. The zero-order valence-corrected chi connectivity index (χ0v) is 11.9. The molecule has 0 aliphatic carbocycles. The summed E-state index contributed by atoms with van der Waals surface area (Å²) in [4.78, 5) is 5.72. The number of hydrogen-bond acceptors (Lipinski definition) is 3. The molecule has 0 saturated carbocycles. The molecule has 0 radical (unpaired) electrons. The van der Waals surface area contributed by atoms with E-state index in [0.29, 0.717) is 6.04 Å². The Kier molecular flexibility index (Phi) is 3.94. The van der Waals surface area contributed by atoms with Gasteiger partial charge in [-0.25, -0.2) is 0 Å². The third-order valence-corrected chi connectivity index (χ3v) is 4.35. The SMILES string of the molecule is COc1ccc2[nH]cc(CCN3CCC[C@H]3CO)c2c1. The van der Waals surface area contributed by atoms with Crippen molar-refractivity contribution in [2.75, 3.05) is 26.8 Å². The Morgan fingerprint density at radius 1 is 1.45 bits per heavy atom. The number of H-pyrrole nitrogens is 1. The van der Waals surface area contributed by atoms with Crippen molar-refractivity contribution >= 4 is 10.9 Å². The van der Waals surface area contributed by atoms with Gasteiger partial charge in [-0.1, -0.05) is 0 Å². The van der Waals surface area contributed by atoms with Crippen molar-refractivity contribution in [1.29, 1.82) is 0 Å². The van der Waals surface area contributed by atoms with Crippen LogP contribution >= 0.6 is 0 Å². The Hall–Kier alpha value is -1.52. The maximum atomic E-state index is 9.37. The lowest BCUT2D eigenvalue weighted by Gasteiger charge is -2.22. The van der Waals surface area contributed by atoms with Gasteiger partial charge in [-0.15, -0.1) is 0 Å². The van der Waals surface area contributed by atoms with E-state index in [9.17, 15) is 5.11 Å². The first-order valence-electron chi connectivity index (χ1n) is 7.30. The molecule has 2 aromatic rings. The van der Waals surface area contributed by atoms with Gasteiger partial charge in [0.1, 0.15) is 5.75 Å². The highest BCUT2D eigenvalue weighted by atomic mass is 16.5. The number of aliphatic hydroxyl groups excluding tert-OH is 1. The Labute approximate surface area is 119 Å². The van der Waals surface area contributed by atoms with Gasteiger partial charge in [0.05, 0.1) is 13.7 Å². The average molecular weight is 274 g/mol. The van der Waals surface area contributed by atoms with Crippen LogP contribution in [0.15, 0.2) is 24.4 Å². The van der Waals surface area contributed by atoms with E-state index >= 15 is 0 Å². The monoisotopic (exact) mass is 274 g/mol. The number of aromatic amines is 1. The van der Waals surface area contributed by atoms with Crippen LogP contribution in [-0.2, 0) is 6.42 Å². The van der Waals surface area contributed by atoms with Gasteiger partial charge in [-0.2, -0.15) is 0 Å². The zero-order valence-electron chi connectivity index (χ0n) is 11.9. The zero-order chi connectivity index (χ0) is 13.9. The summed E-state index contributed by atoms with van der Waals surface area (Å²) < 4.78 is 5.30. The first kappa shape index (κ1) is 13.5. The molecule has 1 aromatic heterocycles. The second-order valence-electron chi connectivity index (χ2n) is 5.49. The van der Waals surface area contributed by atoms with E-state index in [1.807, 2.05) is 6.07 Å². The maximum Gasteiger partial charge on any atom is 0.119 e. The van der Waals surface area contributed by atoms with Gasteiger partial charge in [-0.05, 0) is 49.6 Å². The summed E-state index contributed by atoms with van der Waals surface area (Å²) in [6, 6.07) is 6.48. The highest BCUT2D eigenvalue weighted by Gasteiger charge is 2.23. The fraction of sp³-hybridized carbons (Fsp3) is 0.500. The van der Waals surface area contributed by atoms with E-state index in [1.165, 1.54) is 17.4 Å². The van der Waals surface area contributed by atoms with Gasteiger partial charge in [0, 0.05) is 29.7 Å². The van der Waals surface area contributed by atoms with Crippen LogP contribution in [0.4, 0.5) is 0 Å². The molecule has 0 unspecified atom stereocenters. The second kappa shape index (κ2) is 5.85. The molecule has 108 valence electrons. The number of hydrogen-bond donors (Lipinski definition) is 2. The summed E-state index contributed by atoms with van der Waals surface area (Å²) in [5.41, 5.74) is 2.48. The number of nitrogens with one attached hydrogen (secondary N) is 1. The van der Waals surface area contributed by atoms with E-state index < -0.39 is 0 Å². The Morgan fingerprint density at radius 2 is 2.35 bits per heavy atom. The van der Waals surface area contributed by atoms with E-state index in [4.69, 9.17) is 4.74 Å². The first-order valence-corrected chi connectivity index (χ1v) is 7.30. The number of nitrogens with zero attached hydrogens (tertiary/aromatic N) is 1. The molecule has 0 spiro atoms. The fourth-order valence-corrected chi connectivity index (χ4v) is 3.15. The fourth-order valence-electron chi connectivity index (χ4n) is 3.15. The molecule has 2 N–H and O–H groups in total. The van der Waals surface area contributed by atoms with Crippen molar-refractivity contribution in [3.8, 4) is 5.75 Å².